The quantitative estimate of drug-likeness (QED) is 0.777. The van der Waals surface area contributed by atoms with Gasteiger partial charge in [0.25, 0.3) is 0 Å². The lowest BCUT2D eigenvalue weighted by molar-refractivity contribution is 0.0990. The van der Waals surface area contributed by atoms with Gasteiger partial charge in [0.2, 0.25) is 0 Å². The van der Waals surface area contributed by atoms with E-state index >= 15 is 0 Å². The number of furan rings is 1. The standard InChI is InChI=1S/C15H17NO3/c1-2-18-13-7-5-12(6-8-13)15(17)11-16-10-14-4-3-9-19-14/h3-9,16H,2,10-11H2,1H3. The molecule has 0 aliphatic heterocycles. The maximum atomic E-state index is 11.9. The van der Waals surface area contributed by atoms with Crippen LogP contribution in [0.2, 0.25) is 0 Å². The summed E-state index contributed by atoms with van der Waals surface area (Å²) in [6.45, 7) is 3.39. The highest BCUT2D eigenvalue weighted by molar-refractivity contribution is 5.97. The van der Waals surface area contributed by atoms with E-state index in [1.165, 1.54) is 0 Å². The van der Waals surface area contributed by atoms with E-state index in [2.05, 4.69) is 5.32 Å². The number of ether oxygens (including phenoxy) is 1. The molecule has 0 atom stereocenters. The Bertz CT molecular complexity index is 503. The summed E-state index contributed by atoms with van der Waals surface area (Å²) in [6, 6.07) is 10.9. The Morgan fingerprint density at radius 2 is 2.05 bits per heavy atom. The van der Waals surface area contributed by atoms with Crippen molar-refractivity contribution in [3.05, 3.63) is 54.0 Å². The SMILES string of the molecule is CCOc1ccc(C(=O)CNCc2ccco2)cc1. The van der Waals surface area contributed by atoms with Crippen LogP contribution < -0.4 is 10.1 Å². The van der Waals surface area contributed by atoms with E-state index in [4.69, 9.17) is 9.15 Å². The Hall–Kier alpha value is -2.07. The van der Waals surface area contributed by atoms with E-state index in [1.54, 1.807) is 18.4 Å². The number of rotatable bonds is 7. The number of Topliss-reactive ketones (excluding diaryl/α,β-unsaturated/α-hetero) is 1. The van der Waals surface area contributed by atoms with Gasteiger partial charge in [-0.15, -0.1) is 0 Å². The zero-order chi connectivity index (χ0) is 13.5. The second kappa shape index (κ2) is 6.75. The first-order valence-corrected chi connectivity index (χ1v) is 6.28. The van der Waals surface area contributed by atoms with E-state index in [0.717, 1.165) is 11.5 Å². The maximum absolute atomic E-state index is 11.9. The van der Waals surface area contributed by atoms with Gasteiger partial charge < -0.3 is 14.5 Å². The Balaban J connectivity index is 1.82. The normalized spacial score (nSPS) is 10.4. The van der Waals surface area contributed by atoms with E-state index in [1.807, 2.05) is 31.2 Å². The van der Waals surface area contributed by atoms with E-state index in [-0.39, 0.29) is 12.3 Å². The average Bonchev–Trinajstić information content (AvgIpc) is 2.93. The van der Waals surface area contributed by atoms with Crippen molar-refractivity contribution in [1.82, 2.24) is 5.32 Å². The molecule has 0 unspecified atom stereocenters. The van der Waals surface area contributed by atoms with Crippen LogP contribution in [0.5, 0.6) is 5.75 Å². The second-order valence-corrected chi connectivity index (χ2v) is 4.06. The van der Waals surface area contributed by atoms with Gasteiger partial charge in [-0.25, -0.2) is 0 Å². The third-order valence-electron chi connectivity index (χ3n) is 2.65. The van der Waals surface area contributed by atoms with Crippen molar-refractivity contribution >= 4 is 5.78 Å². The monoisotopic (exact) mass is 259 g/mol. The number of ketones is 1. The number of benzene rings is 1. The molecular formula is C15H17NO3. The molecule has 2 rings (SSSR count). The first-order chi connectivity index (χ1) is 9.29. The Labute approximate surface area is 112 Å². The summed E-state index contributed by atoms with van der Waals surface area (Å²) in [6.07, 6.45) is 1.62. The van der Waals surface area contributed by atoms with Crippen molar-refractivity contribution in [1.29, 1.82) is 0 Å². The van der Waals surface area contributed by atoms with Crippen LogP contribution in [0.25, 0.3) is 0 Å². The van der Waals surface area contributed by atoms with Crippen LogP contribution in [0.15, 0.2) is 47.1 Å². The van der Waals surface area contributed by atoms with Crippen LogP contribution in [-0.2, 0) is 6.54 Å². The van der Waals surface area contributed by atoms with Gasteiger partial charge in [-0.2, -0.15) is 0 Å². The molecule has 1 heterocycles. The highest BCUT2D eigenvalue weighted by Crippen LogP contribution is 2.12. The molecule has 19 heavy (non-hydrogen) atoms. The Morgan fingerprint density at radius 1 is 1.26 bits per heavy atom. The number of hydrogen-bond acceptors (Lipinski definition) is 4. The molecule has 0 aliphatic rings. The van der Waals surface area contributed by atoms with Gasteiger partial charge in [-0.05, 0) is 43.3 Å². The lowest BCUT2D eigenvalue weighted by atomic mass is 10.1. The molecule has 2 aromatic rings. The molecule has 4 heteroatoms. The van der Waals surface area contributed by atoms with Gasteiger partial charge in [0, 0.05) is 5.56 Å². The molecule has 0 radical (unpaired) electrons. The summed E-state index contributed by atoms with van der Waals surface area (Å²) in [7, 11) is 0. The number of nitrogens with one attached hydrogen (secondary N) is 1. The van der Waals surface area contributed by atoms with Crippen LogP contribution in [0.1, 0.15) is 23.0 Å². The molecule has 0 saturated heterocycles. The fourth-order valence-electron chi connectivity index (χ4n) is 1.72. The lowest BCUT2D eigenvalue weighted by Crippen LogP contribution is -2.22. The molecule has 1 N–H and O–H groups in total. The minimum atomic E-state index is 0.0506. The molecular weight excluding hydrogens is 242 g/mol. The topological polar surface area (TPSA) is 51.5 Å². The number of carbonyl (C=O) groups excluding carboxylic acids is 1. The zero-order valence-electron chi connectivity index (χ0n) is 10.9. The average molecular weight is 259 g/mol. The van der Waals surface area contributed by atoms with Gasteiger partial charge in [0.15, 0.2) is 5.78 Å². The summed E-state index contributed by atoms with van der Waals surface area (Å²) in [5, 5.41) is 3.05. The zero-order valence-corrected chi connectivity index (χ0v) is 10.9. The third-order valence-corrected chi connectivity index (χ3v) is 2.65. The minimum Gasteiger partial charge on any atom is -0.494 e. The smallest absolute Gasteiger partial charge is 0.176 e. The first-order valence-electron chi connectivity index (χ1n) is 6.28. The fraction of sp³-hybridized carbons (Fsp3) is 0.267. The van der Waals surface area contributed by atoms with E-state index in [9.17, 15) is 4.79 Å². The maximum Gasteiger partial charge on any atom is 0.176 e. The molecule has 1 aromatic heterocycles. The van der Waals surface area contributed by atoms with Crippen molar-refractivity contribution < 1.29 is 13.9 Å². The Kier molecular flexibility index (Phi) is 4.75. The van der Waals surface area contributed by atoms with E-state index in [0.29, 0.717) is 18.7 Å². The largest absolute Gasteiger partial charge is 0.494 e. The van der Waals surface area contributed by atoms with Crippen molar-refractivity contribution in [2.75, 3.05) is 13.2 Å². The van der Waals surface area contributed by atoms with Gasteiger partial charge >= 0.3 is 0 Å². The molecule has 0 spiro atoms. The second-order valence-electron chi connectivity index (χ2n) is 4.06. The molecule has 0 bridgehead atoms. The highest BCUT2D eigenvalue weighted by Gasteiger charge is 2.06. The summed E-state index contributed by atoms with van der Waals surface area (Å²) < 4.78 is 10.5. The summed E-state index contributed by atoms with van der Waals surface area (Å²) in [5.41, 5.74) is 0.676. The summed E-state index contributed by atoms with van der Waals surface area (Å²) in [5.74, 6) is 1.65. The van der Waals surface area contributed by atoms with Crippen molar-refractivity contribution in [2.24, 2.45) is 0 Å². The summed E-state index contributed by atoms with van der Waals surface area (Å²) in [4.78, 5) is 11.9. The number of hydrogen-bond donors (Lipinski definition) is 1. The van der Waals surface area contributed by atoms with Crippen LogP contribution in [0.4, 0.5) is 0 Å². The van der Waals surface area contributed by atoms with Gasteiger partial charge in [-0.3, -0.25) is 4.79 Å². The van der Waals surface area contributed by atoms with Gasteiger partial charge in [-0.1, -0.05) is 0 Å². The predicted molar refractivity (Wildman–Crippen MR) is 72.4 cm³/mol. The van der Waals surface area contributed by atoms with Crippen LogP contribution in [0, 0.1) is 0 Å². The molecule has 100 valence electrons. The minimum absolute atomic E-state index is 0.0506. The van der Waals surface area contributed by atoms with Crippen LogP contribution in [-0.4, -0.2) is 18.9 Å². The fourth-order valence-corrected chi connectivity index (χ4v) is 1.72. The van der Waals surface area contributed by atoms with Crippen molar-refractivity contribution in [3.63, 3.8) is 0 Å². The molecule has 1 aromatic carbocycles. The predicted octanol–water partition coefficient (Wildman–Crippen LogP) is 2.65. The number of carbonyl (C=O) groups is 1. The van der Waals surface area contributed by atoms with Crippen LogP contribution >= 0.6 is 0 Å². The molecule has 0 amide bonds. The Morgan fingerprint density at radius 3 is 2.68 bits per heavy atom. The van der Waals surface area contributed by atoms with E-state index < -0.39 is 0 Å². The van der Waals surface area contributed by atoms with Crippen molar-refractivity contribution in [2.45, 2.75) is 13.5 Å². The van der Waals surface area contributed by atoms with Crippen LogP contribution in [0.3, 0.4) is 0 Å². The molecule has 0 aliphatic carbocycles. The van der Waals surface area contributed by atoms with Gasteiger partial charge in [0.1, 0.15) is 11.5 Å². The molecule has 4 nitrogen and oxygen atoms in total. The lowest BCUT2D eigenvalue weighted by Gasteiger charge is -2.05. The first kappa shape index (κ1) is 13.4. The molecule has 0 fully saturated rings. The summed E-state index contributed by atoms with van der Waals surface area (Å²) >= 11 is 0. The molecule has 0 saturated carbocycles. The van der Waals surface area contributed by atoms with Crippen molar-refractivity contribution in [3.8, 4) is 5.75 Å². The highest BCUT2D eigenvalue weighted by atomic mass is 16.5. The van der Waals surface area contributed by atoms with Gasteiger partial charge in [0.05, 0.1) is 26.0 Å². The third kappa shape index (κ3) is 3.96.